The molecule has 4 rings (SSSR count). The fourth-order valence-electron chi connectivity index (χ4n) is 5.12. The number of anilines is 1. The molecule has 7 heteroatoms. The van der Waals surface area contributed by atoms with Gasteiger partial charge in [-0.2, -0.15) is 0 Å². The summed E-state index contributed by atoms with van der Waals surface area (Å²) in [6, 6.07) is 9.38. The number of aryl methyl sites for hydroxylation is 1. The van der Waals surface area contributed by atoms with Crippen molar-refractivity contribution >= 4 is 11.6 Å². The quantitative estimate of drug-likeness (QED) is 0.527. The zero-order chi connectivity index (χ0) is 24.0. The van der Waals surface area contributed by atoms with Gasteiger partial charge in [-0.05, 0) is 67.9 Å². The zero-order valence-electron chi connectivity index (χ0n) is 19.6. The summed E-state index contributed by atoms with van der Waals surface area (Å²) in [5.74, 6) is -0.107. The number of carbonyl (C=O) groups is 1. The number of rotatable bonds is 6. The van der Waals surface area contributed by atoms with Gasteiger partial charge in [0.2, 0.25) is 0 Å². The number of amides is 1. The Balaban J connectivity index is 1.71. The molecule has 2 aliphatic heterocycles. The SMILES string of the molecule is CO[C@@H]1C(=O)Nc2ccc(CC[C@@]3(C)CCC(C(C)C)O3)c(O)c2[C@@]1(O)c1ccc(O)cc1. The molecule has 2 aliphatic rings. The van der Waals surface area contributed by atoms with E-state index in [4.69, 9.17) is 9.47 Å². The van der Waals surface area contributed by atoms with E-state index in [2.05, 4.69) is 26.1 Å². The predicted molar refractivity (Wildman–Crippen MR) is 124 cm³/mol. The number of ether oxygens (including phenoxy) is 2. The molecule has 33 heavy (non-hydrogen) atoms. The first kappa shape index (κ1) is 23.5. The van der Waals surface area contributed by atoms with Crippen LogP contribution in [0.4, 0.5) is 5.69 Å². The number of aromatic hydroxyl groups is 2. The largest absolute Gasteiger partial charge is 0.508 e. The Hall–Kier alpha value is -2.61. The van der Waals surface area contributed by atoms with Crippen LogP contribution in [0, 0.1) is 5.92 Å². The third-order valence-electron chi connectivity index (χ3n) is 7.12. The number of hydrogen-bond acceptors (Lipinski definition) is 6. The maximum Gasteiger partial charge on any atom is 0.257 e. The van der Waals surface area contributed by atoms with Crippen LogP contribution < -0.4 is 5.32 Å². The number of fused-ring (bicyclic) bond motifs is 1. The zero-order valence-corrected chi connectivity index (χ0v) is 19.6. The standard InChI is InChI=1S/C26H33NO6/c1-15(2)20-12-14-25(3,33-20)13-11-16-5-10-19-21(22(16)29)26(31,23(32-4)24(30)27-19)17-6-8-18(28)9-7-17/h5-10,15,20,23,28-29,31H,11-14H2,1-4H3,(H,27,30)/t20?,23-,25+,26+/m1/s1. The molecule has 0 saturated carbocycles. The molecule has 178 valence electrons. The van der Waals surface area contributed by atoms with Gasteiger partial charge in [-0.3, -0.25) is 4.79 Å². The molecular formula is C26H33NO6. The third kappa shape index (κ3) is 4.09. The first-order valence-corrected chi connectivity index (χ1v) is 11.5. The highest BCUT2D eigenvalue weighted by atomic mass is 16.5. The molecule has 0 radical (unpaired) electrons. The average Bonchev–Trinajstić information content (AvgIpc) is 3.16. The van der Waals surface area contributed by atoms with Crippen molar-refractivity contribution in [2.45, 2.75) is 69.9 Å². The topological polar surface area (TPSA) is 108 Å². The number of carbonyl (C=O) groups excluding carboxylic acids is 1. The lowest BCUT2D eigenvalue weighted by Crippen LogP contribution is -2.52. The number of benzene rings is 2. The van der Waals surface area contributed by atoms with Crippen LogP contribution in [-0.2, 0) is 26.3 Å². The maximum atomic E-state index is 12.7. The first-order chi connectivity index (χ1) is 15.6. The Kier molecular flexibility index (Phi) is 6.16. The molecule has 0 aromatic heterocycles. The molecule has 1 saturated heterocycles. The van der Waals surface area contributed by atoms with Gasteiger partial charge >= 0.3 is 0 Å². The van der Waals surface area contributed by atoms with Crippen LogP contribution in [0.2, 0.25) is 0 Å². The van der Waals surface area contributed by atoms with Crippen molar-refractivity contribution in [3.63, 3.8) is 0 Å². The average molecular weight is 456 g/mol. The fourth-order valence-corrected chi connectivity index (χ4v) is 5.12. The van der Waals surface area contributed by atoms with E-state index >= 15 is 0 Å². The van der Waals surface area contributed by atoms with Crippen molar-refractivity contribution in [2.75, 3.05) is 12.4 Å². The lowest BCUT2D eigenvalue weighted by atomic mass is 9.76. The van der Waals surface area contributed by atoms with Gasteiger partial charge in [0.1, 0.15) is 11.5 Å². The number of methoxy groups -OCH3 is 1. The van der Waals surface area contributed by atoms with Gasteiger partial charge < -0.3 is 30.1 Å². The summed E-state index contributed by atoms with van der Waals surface area (Å²) in [5.41, 5.74) is -0.691. The minimum atomic E-state index is -1.93. The third-order valence-corrected chi connectivity index (χ3v) is 7.12. The molecular weight excluding hydrogens is 422 g/mol. The van der Waals surface area contributed by atoms with E-state index in [0.29, 0.717) is 29.2 Å². The van der Waals surface area contributed by atoms with E-state index in [1.165, 1.54) is 31.4 Å². The minimum absolute atomic E-state index is 0.0271. The normalized spacial score (nSPS) is 29.2. The predicted octanol–water partition coefficient (Wildman–Crippen LogP) is 3.83. The van der Waals surface area contributed by atoms with E-state index in [1.54, 1.807) is 12.1 Å². The Morgan fingerprint density at radius 1 is 1.18 bits per heavy atom. The summed E-state index contributed by atoms with van der Waals surface area (Å²) in [6.07, 6.45) is 2.22. The second-order valence-electron chi connectivity index (χ2n) is 9.80. The van der Waals surface area contributed by atoms with Crippen molar-refractivity contribution in [3.8, 4) is 11.5 Å². The molecule has 2 aromatic rings. The molecule has 0 aliphatic carbocycles. The summed E-state index contributed by atoms with van der Waals surface area (Å²) >= 11 is 0. The minimum Gasteiger partial charge on any atom is -0.508 e. The number of phenolic OH excluding ortho intramolecular Hbond substituents is 2. The molecule has 7 nitrogen and oxygen atoms in total. The summed E-state index contributed by atoms with van der Waals surface area (Å²) < 4.78 is 11.7. The molecule has 1 unspecified atom stereocenters. The second kappa shape index (κ2) is 8.63. The second-order valence-corrected chi connectivity index (χ2v) is 9.80. The summed E-state index contributed by atoms with van der Waals surface area (Å²) in [5, 5.41) is 35.7. The Labute approximate surface area is 194 Å². The van der Waals surface area contributed by atoms with Gasteiger partial charge in [-0.1, -0.05) is 32.0 Å². The number of hydrogen-bond donors (Lipinski definition) is 4. The van der Waals surface area contributed by atoms with Crippen LogP contribution in [0.3, 0.4) is 0 Å². The molecule has 0 spiro atoms. The lowest BCUT2D eigenvalue weighted by Gasteiger charge is -2.40. The molecule has 4 atom stereocenters. The Morgan fingerprint density at radius 2 is 1.88 bits per heavy atom. The van der Waals surface area contributed by atoms with Crippen molar-refractivity contribution in [1.29, 1.82) is 0 Å². The molecule has 2 heterocycles. The van der Waals surface area contributed by atoms with E-state index < -0.39 is 17.6 Å². The van der Waals surface area contributed by atoms with Crippen LogP contribution in [0.1, 0.15) is 56.7 Å². The molecule has 4 N–H and O–H groups in total. The van der Waals surface area contributed by atoms with E-state index in [1.807, 2.05) is 0 Å². The highest BCUT2D eigenvalue weighted by Crippen LogP contribution is 2.48. The fraction of sp³-hybridized carbons (Fsp3) is 0.500. The van der Waals surface area contributed by atoms with Crippen molar-refractivity contribution in [2.24, 2.45) is 5.92 Å². The number of aliphatic hydroxyl groups is 1. The monoisotopic (exact) mass is 455 g/mol. The van der Waals surface area contributed by atoms with Gasteiger partial charge in [0.15, 0.2) is 11.7 Å². The highest BCUT2D eigenvalue weighted by molar-refractivity contribution is 6.00. The van der Waals surface area contributed by atoms with Gasteiger partial charge in [0.05, 0.1) is 23.0 Å². The van der Waals surface area contributed by atoms with E-state index in [9.17, 15) is 20.1 Å². The summed E-state index contributed by atoms with van der Waals surface area (Å²) in [6.45, 7) is 6.44. The van der Waals surface area contributed by atoms with Crippen LogP contribution in [0.15, 0.2) is 36.4 Å². The molecule has 1 amide bonds. The molecule has 2 aromatic carbocycles. The van der Waals surface area contributed by atoms with Crippen molar-refractivity contribution in [1.82, 2.24) is 0 Å². The van der Waals surface area contributed by atoms with Gasteiger partial charge in [-0.25, -0.2) is 0 Å². The van der Waals surface area contributed by atoms with Gasteiger partial charge in [0.25, 0.3) is 5.91 Å². The first-order valence-electron chi connectivity index (χ1n) is 11.5. The Bertz CT molecular complexity index is 1040. The van der Waals surface area contributed by atoms with Crippen molar-refractivity contribution < 1.29 is 29.6 Å². The van der Waals surface area contributed by atoms with Gasteiger partial charge in [0, 0.05) is 7.11 Å². The maximum absolute atomic E-state index is 12.7. The summed E-state index contributed by atoms with van der Waals surface area (Å²) in [4.78, 5) is 12.7. The lowest BCUT2D eigenvalue weighted by molar-refractivity contribution is -0.142. The smallest absolute Gasteiger partial charge is 0.257 e. The van der Waals surface area contributed by atoms with Gasteiger partial charge in [-0.15, -0.1) is 0 Å². The summed E-state index contributed by atoms with van der Waals surface area (Å²) in [7, 11) is 1.34. The van der Waals surface area contributed by atoms with Crippen LogP contribution in [-0.4, -0.2) is 46.1 Å². The Morgan fingerprint density at radius 3 is 2.48 bits per heavy atom. The van der Waals surface area contributed by atoms with Crippen LogP contribution in [0.5, 0.6) is 11.5 Å². The van der Waals surface area contributed by atoms with E-state index in [0.717, 1.165) is 19.3 Å². The van der Waals surface area contributed by atoms with Crippen LogP contribution >= 0.6 is 0 Å². The number of nitrogens with one attached hydrogen (secondary N) is 1. The molecule has 1 fully saturated rings. The number of phenols is 2. The molecule has 0 bridgehead atoms. The van der Waals surface area contributed by atoms with Crippen LogP contribution in [0.25, 0.3) is 0 Å². The van der Waals surface area contributed by atoms with Crippen molar-refractivity contribution in [3.05, 3.63) is 53.1 Å². The van der Waals surface area contributed by atoms with E-state index in [-0.39, 0.29) is 28.8 Å². The highest BCUT2D eigenvalue weighted by Gasteiger charge is 2.51.